The number of hydrogen-bond donors (Lipinski definition) is 1. The van der Waals surface area contributed by atoms with Gasteiger partial charge in [-0.05, 0) is 31.0 Å². The number of methoxy groups -OCH3 is 1. The Kier molecular flexibility index (Phi) is 5.31. The van der Waals surface area contributed by atoms with Gasteiger partial charge >= 0.3 is 0 Å². The Morgan fingerprint density at radius 1 is 1.27 bits per heavy atom. The highest BCUT2D eigenvalue weighted by Crippen LogP contribution is 2.23. The summed E-state index contributed by atoms with van der Waals surface area (Å²) in [6.07, 6.45) is 0.635. The third kappa shape index (κ3) is 4.43. The lowest BCUT2D eigenvalue weighted by Gasteiger charge is -2.25. The van der Waals surface area contributed by atoms with Crippen molar-refractivity contribution in [1.29, 1.82) is 0 Å². The molecule has 0 saturated carbocycles. The molecule has 0 bridgehead atoms. The molecule has 26 heavy (non-hydrogen) atoms. The van der Waals surface area contributed by atoms with Crippen molar-refractivity contribution < 1.29 is 13.2 Å². The van der Waals surface area contributed by atoms with Crippen LogP contribution >= 0.6 is 0 Å². The molecule has 1 aromatic carbocycles. The summed E-state index contributed by atoms with van der Waals surface area (Å²) in [5.41, 5.74) is 1.11. The summed E-state index contributed by atoms with van der Waals surface area (Å²) in [7, 11) is 0.601. The predicted octanol–water partition coefficient (Wildman–Crippen LogP) is 2.03. The Balaban J connectivity index is 1.70. The molecule has 0 amide bonds. The zero-order valence-electron chi connectivity index (χ0n) is 15.3. The molecule has 140 valence electrons. The smallest absolute Gasteiger partial charge is 0.152 e. The van der Waals surface area contributed by atoms with Crippen LogP contribution in [0.3, 0.4) is 0 Å². The first kappa shape index (κ1) is 18.4. The van der Waals surface area contributed by atoms with Crippen LogP contribution in [0.2, 0.25) is 0 Å². The Morgan fingerprint density at radius 3 is 2.62 bits per heavy atom. The number of sulfone groups is 1. The maximum Gasteiger partial charge on any atom is 0.152 e. The molecule has 1 unspecified atom stereocenters. The molecule has 1 atom stereocenters. The van der Waals surface area contributed by atoms with Crippen molar-refractivity contribution in [1.82, 2.24) is 9.97 Å². The third-order valence-corrected chi connectivity index (χ3v) is 6.32. The lowest BCUT2D eigenvalue weighted by Crippen LogP contribution is -2.33. The van der Waals surface area contributed by atoms with Gasteiger partial charge in [0, 0.05) is 25.7 Å². The second-order valence-electron chi connectivity index (χ2n) is 6.53. The van der Waals surface area contributed by atoms with Crippen molar-refractivity contribution in [2.24, 2.45) is 0 Å². The number of anilines is 2. The van der Waals surface area contributed by atoms with Crippen molar-refractivity contribution in [3.8, 4) is 5.75 Å². The maximum absolute atomic E-state index is 11.7. The number of aryl methyl sites for hydroxylation is 1. The number of nitrogens with zero attached hydrogens (tertiary/aromatic N) is 3. The lowest BCUT2D eigenvalue weighted by molar-refractivity contribution is 0.414. The Bertz CT molecular complexity index is 869. The van der Waals surface area contributed by atoms with Crippen LogP contribution in [-0.4, -0.2) is 50.1 Å². The van der Waals surface area contributed by atoms with Crippen LogP contribution in [0.1, 0.15) is 17.8 Å². The number of ether oxygens (including phenoxy) is 1. The largest absolute Gasteiger partial charge is 0.497 e. The molecule has 1 saturated heterocycles. The van der Waals surface area contributed by atoms with E-state index in [1.807, 2.05) is 49.2 Å². The number of benzene rings is 1. The number of rotatable bonds is 6. The van der Waals surface area contributed by atoms with Crippen molar-refractivity contribution in [3.05, 3.63) is 41.7 Å². The lowest BCUT2D eigenvalue weighted by atomic mass is 10.2. The highest BCUT2D eigenvalue weighted by Gasteiger charge is 2.31. The van der Waals surface area contributed by atoms with Gasteiger partial charge in [-0.2, -0.15) is 0 Å². The molecule has 1 aliphatic heterocycles. The quantitative estimate of drug-likeness (QED) is 0.826. The normalized spacial score (nSPS) is 18.5. The third-order valence-electron chi connectivity index (χ3n) is 4.57. The van der Waals surface area contributed by atoms with Gasteiger partial charge in [0.15, 0.2) is 9.84 Å². The van der Waals surface area contributed by atoms with Gasteiger partial charge < -0.3 is 15.0 Å². The summed E-state index contributed by atoms with van der Waals surface area (Å²) >= 11 is 0. The van der Waals surface area contributed by atoms with E-state index in [9.17, 15) is 8.42 Å². The molecule has 2 aromatic rings. The summed E-state index contributed by atoms with van der Waals surface area (Å²) in [6.45, 7) is 2.46. The van der Waals surface area contributed by atoms with E-state index < -0.39 is 9.84 Å². The molecule has 7 nitrogen and oxygen atoms in total. The standard InChI is InChI=1S/C18H24N4O3S/c1-13-20-17(19-11-14-4-6-16(25-3)7-5-14)10-18(21-13)22(2)15-8-9-26(23,24)12-15/h4-7,10,15H,8-9,11-12H2,1-3H3,(H,19,20,21). The van der Waals surface area contributed by atoms with E-state index in [0.29, 0.717) is 18.8 Å². The summed E-state index contributed by atoms with van der Waals surface area (Å²) in [6, 6.07) is 9.65. The molecule has 0 aliphatic carbocycles. The van der Waals surface area contributed by atoms with E-state index in [1.54, 1.807) is 7.11 Å². The van der Waals surface area contributed by atoms with E-state index in [-0.39, 0.29) is 17.5 Å². The number of nitrogens with one attached hydrogen (secondary N) is 1. The number of hydrogen-bond acceptors (Lipinski definition) is 7. The zero-order valence-corrected chi connectivity index (χ0v) is 16.1. The highest BCUT2D eigenvalue weighted by molar-refractivity contribution is 7.91. The molecule has 1 fully saturated rings. The van der Waals surface area contributed by atoms with Gasteiger partial charge in [0.25, 0.3) is 0 Å². The average Bonchev–Trinajstić information content (AvgIpc) is 2.99. The molecule has 0 spiro atoms. The van der Waals surface area contributed by atoms with Gasteiger partial charge in [-0.1, -0.05) is 12.1 Å². The minimum Gasteiger partial charge on any atom is -0.497 e. The number of aromatic nitrogens is 2. The fourth-order valence-corrected chi connectivity index (χ4v) is 4.80. The molecule has 3 rings (SSSR count). The summed E-state index contributed by atoms with van der Waals surface area (Å²) < 4.78 is 28.6. The van der Waals surface area contributed by atoms with E-state index in [2.05, 4.69) is 15.3 Å². The van der Waals surface area contributed by atoms with Crippen LogP contribution in [0.15, 0.2) is 30.3 Å². The maximum atomic E-state index is 11.7. The molecular formula is C18H24N4O3S. The van der Waals surface area contributed by atoms with Crippen molar-refractivity contribution in [2.45, 2.75) is 25.9 Å². The van der Waals surface area contributed by atoms with E-state index in [0.717, 1.165) is 22.9 Å². The Labute approximate surface area is 154 Å². The SMILES string of the molecule is COc1ccc(CNc2cc(N(C)C3CCS(=O)(=O)C3)nc(C)n2)cc1. The first-order chi connectivity index (χ1) is 12.4. The summed E-state index contributed by atoms with van der Waals surface area (Å²) in [5.74, 6) is 3.35. The molecule has 2 heterocycles. The average molecular weight is 376 g/mol. The van der Waals surface area contributed by atoms with E-state index in [4.69, 9.17) is 4.74 Å². The minimum atomic E-state index is -2.93. The van der Waals surface area contributed by atoms with Gasteiger partial charge in [0.05, 0.1) is 18.6 Å². The molecule has 1 N–H and O–H groups in total. The first-order valence-electron chi connectivity index (χ1n) is 8.52. The van der Waals surface area contributed by atoms with Crippen molar-refractivity contribution >= 4 is 21.5 Å². The molecule has 8 heteroatoms. The van der Waals surface area contributed by atoms with Crippen molar-refractivity contribution in [2.75, 3.05) is 35.9 Å². The molecular weight excluding hydrogens is 352 g/mol. The van der Waals surface area contributed by atoms with Crippen LogP contribution in [-0.2, 0) is 16.4 Å². The highest BCUT2D eigenvalue weighted by atomic mass is 32.2. The van der Waals surface area contributed by atoms with Crippen LogP contribution in [0, 0.1) is 6.92 Å². The topological polar surface area (TPSA) is 84.4 Å². The first-order valence-corrected chi connectivity index (χ1v) is 10.3. The second kappa shape index (κ2) is 7.49. The van der Waals surface area contributed by atoms with Crippen LogP contribution in [0.25, 0.3) is 0 Å². The minimum absolute atomic E-state index is 0.0382. The summed E-state index contributed by atoms with van der Waals surface area (Å²) in [4.78, 5) is 10.8. The predicted molar refractivity (Wildman–Crippen MR) is 103 cm³/mol. The van der Waals surface area contributed by atoms with Gasteiger partial charge in [-0.15, -0.1) is 0 Å². The van der Waals surface area contributed by atoms with Gasteiger partial charge in [-0.25, -0.2) is 18.4 Å². The van der Waals surface area contributed by atoms with Crippen LogP contribution < -0.4 is 15.0 Å². The second-order valence-corrected chi connectivity index (χ2v) is 8.76. The van der Waals surface area contributed by atoms with E-state index in [1.165, 1.54) is 0 Å². The zero-order chi connectivity index (χ0) is 18.7. The van der Waals surface area contributed by atoms with Crippen molar-refractivity contribution in [3.63, 3.8) is 0 Å². The molecule has 1 aromatic heterocycles. The van der Waals surface area contributed by atoms with Crippen LogP contribution in [0.4, 0.5) is 11.6 Å². The summed E-state index contributed by atoms with van der Waals surface area (Å²) in [5, 5.41) is 3.30. The van der Waals surface area contributed by atoms with Gasteiger partial charge in [-0.3, -0.25) is 0 Å². The molecule has 1 aliphatic rings. The Hall–Kier alpha value is -2.35. The van der Waals surface area contributed by atoms with Gasteiger partial charge in [0.1, 0.15) is 23.2 Å². The fourth-order valence-electron chi connectivity index (χ4n) is 3.03. The fraction of sp³-hybridized carbons (Fsp3) is 0.444. The van der Waals surface area contributed by atoms with Crippen LogP contribution in [0.5, 0.6) is 5.75 Å². The monoisotopic (exact) mass is 376 g/mol. The Morgan fingerprint density at radius 2 is 2.00 bits per heavy atom. The van der Waals surface area contributed by atoms with E-state index >= 15 is 0 Å². The molecule has 0 radical (unpaired) electrons. The van der Waals surface area contributed by atoms with Gasteiger partial charge in [0.2, 0.25) is 0 Å².